The number of hydrogen-bond acceptors (Lipinski definition) is 3. The van der Waals surface area contributed by atoms with Gasteiger partial charge in [-0.25, -0.2) is 0 Å². The van der Waals surface area contributed by atoms with Crippen molar-refractivity contribution in [3.63, 3.8) is 0 Å². The van der Waals surface area contributed by atoms with Crippen molar-refractivity contribution in [3.05, 3.63) is 0 Å². The summed E-state index contributed by atoms with van der Waals surface area (Å²) in [5.74, 6) is -0.375. The number of aliphatic hydroxyl groups is 2. The van der Waals surface area contributed by atoms with E-state index in [1.807, 2.05) is 0 Å². The van der Waals surface area contributed by atoms with Crippen LogP contribution in [0.5, 0.6) is 0 Å². The van der Waals surface area contributed by atoms with E-state index in [-0.39, 0.29) is 19.1 Å². The molecule has 0 saturated heterocycles. The Bertz CT molecular complexity index is 62.7. The Morgan fingerprint density at radius 3 is 2.25 bits per heavy atom. The highest BCUT2D eigenvalue weighted by molar-refractivity contribution is 5.53. The highest BCUT2D eigenvalue weighted by Gasteiger charge is 2.01. The minimum atomic E-state index is -0.375. The van der Waals surface area contributed by atoms with E-state index in [1.165, 1.54) is 0 Å². The first kappa shape index (κ1) is 7.59. The van der Waals surface area contributed by atoms with Crippen molar-refractivity contribution in [3.8, 4) is 0 Å². The SMILES string of the molecule is O=CC(CO)CCO. The van der Waals surface area contributed by atoms with Gasteiger partial charge in [-0.2, -0.15) is 0 Å². The van der Waals surface area contributed by atoms with Gasteiger partial charge in [-0.05, 0) is 6.42 Å². The summed E-state index contributed by atoms with van der Waals surface area (Å²) in [6.07, 6.45) is 1.01. The molecule has 8 heavy (non-hydrogen) atoms. The van der Waals surface area contributed by atoms with Crippen molar-refractivity contribution in [2.75, 3.05) is 13.2 Å². The summed E-state index contributed by atoms with van der Waals surface area (Å²) in [6.45, 7) is -0.200. The third kappa shape index (κ3) is 2.71. The van der Waals surface area contributed by atoms with Gasteiger partial charge in [-0.15, -0.1) is 0 Å². The lowest BCUT2D eigenvalue weighted by molar-refractivity contribution is -0.112. The molecule has 1 unspecified atom stereocenters. The predicted octanol–water partition coefficient (Wildman–Crippen LogP) is -0.824. The minimum absolute atomic E-state index is 0.0377. The highest BCUT2D eigenvalue weighted by atomic mass is 16.3. The van der Waals surface area contributed by atoms with Crippen LogP contribution in [0.25, 0.3) is 0 Å². The van der Waals surface area contributed by atoms with Gasteiger partial charge in [-0.1, -0.05) is 0 Å². The summed E-state index contributed by atoms with van der Waals surface area (Å²) in [5, 5.41) is 16.5. The topological polar surface area (TPSA) is 57.5 Å². The lowest BCUT2D eigenvalue weighted by atomic mass is 10.1. The molecular formula is C5H10O3. The molecule has 0 bridgehead atoms. The van der Waals surface area contributed by atoms with Crippen LogP contribution in [0.3, 0.4) is 0 Å². The molecule has 0 aliphatic heterocycles. The summed E-state index contributed by atoms with van der Waals surface area (Å²) in [6, 6.07) is 0. The molecule has 3 heteroatoms. The van der Waals surface area contributed by atoms with E-state index < -0.39 is 0 Å². The van der Waals surface area contributed by atoms with Gasteiger partial charge in [0.25, 0.3) is 0 Å². The lowest BCUT2D eigenvalue weighted by Gasteiger charge is -2.00. The fraction of sp³-hybridized carbons (Fsp3) is 0.800. The summed E-state index contributed by atoms with van der Waals surface area (Å²) in [4.78, 5) is 9.85. The second-order valence-corrected chi connectivity index (χ2v) is 1.59. The molecule has 2 N–H and O–H groups in total. The van der Waals surface area contributed by atoms with Gasteiger partial charge in [-0.3, -0.25) is 0 Å². The number of aldehydes is 1. The molecule has 1 atom stereocenters. The molecule has 0 heterocycles. The number of aliphatic hydroxyl groups excluding tert-OH is 2. The van der Waals surface area contributed by atoms with E-state index in [0.29, 0.717) is 12.7 Å². The van der Waals surface area contributed by atoms with Gasteiger partial charge in [0.2, 0.25) is 0 Å². The second-order valence-electron chi connectivity index (χ2n) is 1.59. The Kier molecular flexibility index (Phi) is 4.50. The number of hydrogen-bond donors (Lipinski definition) is 2. The molecule has 0 radical (unpaired) electrons. The zero-order valence-corrected chi connectivity index (χ0v) is 4.58. The van der Waals surface area contributed by atoms with Crippen LogP contribution < -0.4 is 0 Å². The smallest absolute Gasteiger partial charge is 0.125 e. The first-order valence-corrected chi connectivity index (χ1v) is 2.52. The monoisotopic (exact) mass is 118 g/mol. The maximum Gasteiger partial charge on any atom is 0.125 e. The number of rotatable bonds is 4. The van der Waals surface area contributed by atoms with Gasteiger partial charge in [0.05, 0.1) is 6.61 Å². The van der Waals surface area contributed by atoms with Crippen LogP contribution in [0.2, 0.25) is 0 Å². The lowest BCUT2D eigenvalue weighted by Crippen LogP contribution is -2.08. The Morgan fingerprint density at radius 2 is 2.12 bits per heavy atom. The fourth-order valence-corrected chi connectivity index (χ4v) is 0.368. The Balaban J connectivity index is 3.21. The van der Waals surface area contributed by atoms with Crippen molar-refractivity contribution >= 4 is 6.29 Å². The molecule has 0 amide bonds. The van der Waals surface area contributed by atoms with Gasteiger partial charge in [0, 0.05) is 12.5 Å². The molecular weight excluding hydrogens is 108 g/mol. The van der Waals surface area contributed by atoms with Gasteiger partial charge >= 0.3 is 0 Å². The van der Waals surface area contributed by atoms with Crippen LogP contribution >= 0.6 is 0 Å². The Hall–Kier alpha value is -0.410. The van der Waals surface area contributed by atoms with Crippen molar-refractivity contribution in [2.45, 2.75) is 6.42 Å². The first-order valence-electron chi connectivity index (χ1n) is 2.52. The van der Waals surface area contributed by atoms with E-state index in [9.17, 15) is 4.79 Å². The van der Waals surface area contributed by atoms with Gasteiger partial charge < -0.3 is 15.0 Å². The van der Waals surface area contributed by atoms with Crippen molar-refractivity contribution in [1.82, 2.24) is 0 Å². The molecule has 3 nitrogen and oxygen atoms in total. The second kappa shape index (κ2) is 4.74. The summed E-state index contributed by atoms with van der Waals surface area (Å²) < 4.78 is 0. The average molecular weight is 118 g/mol. The standard InChI is InChI=1S/C5H10O3/c6-2-1-5(3-7)4-8/h3,5-6,8H,1-2,4H2. The van der Waals surface area contributed by atoms with Crippen LogP contribution in [-0.2, 0) is 4.79 Å². The van der Waals surface area contributed by atoms with Crippen LogP contribution in [0, 0.1) is 5.92 Å². The van der Waals surface area contributed by atoms with Crippen molar-refractivity contribution < 1.29 is 15.0 Å². The number of carbonyl (C=O) groups is 1. The summed E-state index contributed by atoms with van der Waals surface area (Å²) in [5.41, 5.74) is 0. The third-order valence-corrected chi connectivity index (χ3v) is 0.927. The third-order valence-electron chi connectivity index (χ3n) is 0.927. The molecule has 0 aromatic carbocycles. The molecule has 0 aromatic heterocycles. The molecule has 0 aliphatic carbocycles. The molecule has 48 valence electrons. The molecule has 0 aromatic rings. The van der Waals surface area contributed by atoms with E-state index in [4.69, 9.17) is 10.2 Å². The minimum Gasteiger partial charge on any atom is -0.396 e. The fourth-order valence-electron chi connectivity index (χ4n) is 0.368. The van der Waals surface area contributed by atoms with E-state index in [1.54, 1.807) is 0 Å². The number of carbonyl (C=O) groups excluding carboxylic acids is 1. The van der Waals surface area contributed by atoms with Gasteiger partial charge in [0.1, 0.15) is 6.29 Å². The van der Waals surface area contributed by atoms with Crippen molar-refractivity contribution in [1.29, 1.82) is 0 Å². The average Bonchev–Trinajstić information content (AvgIpc) is 1.83. The van der Waals surface area contributed by atoms with Gasteiger partial charge in [0.15, 0.2) is 0 Å². The quantitative estimate of drug-likeness (QED) is 0.474. The summed E-state index contributed by atoms with van der Waals surface area (Å²) in [7, 11) is 0. The largest absolute Gasteiger partial charge is 0.396 e. The molecule has 0 aliphatic rings. The Labute approximate surface area is 47.9 Å². The Morgan fingerprint density at radius 1 is 1.50 bits per heavy atom. The zero-order valence-electron chi connectivity index (χ0n) is 4.58. The zero-order chi connectivity index (χ0) is 6.41. The van der Waals surface area contributed by atoms with Crippen LogP contribution in [0.15, 0.2) is 0 Å². The van der Waals surface area contributed by atoms with E-state index in [0.717, 1.165) is 0 Å². The maximum atomic E-state index is 9.85. The van der Waals surface area contributed by atoms with Crippen LogP contribution in [0.1, 0.15) is 6.42 Å². The van der Waals surface area contributed by atoms with Crippen molar-refractivity contribution in [2.24, 2.45) is 5.92 Å². The first-order chi connectivity index (χ1) is 3.85. The molecule has 0 spiro atoms. The van der Waals surface area contributed by atoms with E-state index >= 15 is 0 Å². The molecule has 0 rings (SSSR count). The predicted molar refractivity (Wildman–Crippen MR) is 28.3 cm³/mol. The van der Waals surface area contributed by atoms with Crippen LogP contribution in [-0.4, -0.2) is 29.7 Å². The van der Waals surface area contributed by atoms with E-state index in [2.05, 4.69) is 0 Å². The maximum absolute atomic E-state index is 9.85. The van der Waals surface area contributed by atoms with Crippen LogP contribution in [0.4, 0.5) is 0 Å². The molecule has 0 saturated carbocycles. The normalized spacial score (nSPS) is 13.2. The molecule has 0 fully saturated rings. The summed E-state index contributed by atoms with van der Waals surface area (Å²) >= 11 is 0. The highest BCUT2D eigenvalue weighted by Crippen LogP contribution is 1.94.